The van der Waals surface area contributed by atoms with Crippen LogP contribution in [0.5, 0.6) is 0 Å². The summed E-state index contributed by atoms with van der Waals surface area (Å²) < 4.78 is 0. The van der Waals surface area contributed by atoms with Gasteiger partial charge in [0.2, 0.25) is 5.91 Å². The zero-order valence-electron chi connectivity index (χ0n) is 12.3. The third kappa shape index (κ3) is 5.38. The van der Waals surface area contributed by atoms with Crippen LogP contribution in [-0.2, 0) is 4.79 Å². The van der Waals surface area contributed by atoms with Crippen molar-refractivity contribution in [1.82, 2.24) is 5.32 Å². The van der Waals surface area contributed by atoms with Crippen LogP contribution in [0.1, 0.15) is 59.3 Å². The number of amides is 1. The summed E-state index contributed by atoms with van der Waals surface area (Å²) in [7, 11) is 0. The van der Waals surface area contributed by atoms with Crippen LogP contribution in [0.15, 0.2) is 0 Å². The van der Waals surface area contributed by atoms with Crippen molar-refractivity contribution >= 4 is 5.91 Å². The summed E-state index contributed by atoms with van der Waals surface area (Å²) in [5, 5.41) is 3.06. The SMILES string of the molecule is CC(C)(C)C(CCN)CCC(=O)NCC1CCC1. The van der Waals surface area contributed by atoms with E-state index in [0.717, 1.165) is 25.3 Å². The lowest BCUT2D eigenvalue weighted by Crippen LogP contribution is -2.33. The molecule has 0 bridgehead atoms. The van der Waals surface area contributed by atoms with Crippen molar-refractivity contribution in [3.63, 3.8) is 0 Å². The highest BCUT2D eigenvalue weighted by Crippen LogP contribution is 2.32. The van der Waals surface area contributed by atoms with Gasteiger partial charge in [-0.05, 0) is 49.5 Å². The second-order valence-corrected chi connectivity index (χ2v) is 6.78. The van der Waals surface area contributed by atoms with Gasteiger partial charge in [-0.15, -0.1) is 0 Å². The van der Waals surface area contributed by atoms with Gasteiger partial charge in [0.1, 0.15) is 0 Å². The highest BCUT2D eigenvalue weighted by atomic mass is 16.1. The smallest absolute Gasteiger partial charge is 0.220 e. The Labute approximate surface area is 112 Å². The molecule has 0 aromatic carbocycles. The normalized spacial score (nSPS) is 18.2. The fourth-order valence-electron chi connectivity index (χ4n) is 2.56. The van der Waals surface area contributed by atoms with E-state index in [-0.39, 0.29) is 11.3 Å². The van der Waals surface area contributed by atoms with Crippen molar-refractivity contribution < 1.29 is 4.79 Å². The summed E-state index contributed by atoms with van der Waals surface area (Å²) in [6.07, 6.45) is 6.53. The van der Waals surface area contributed by atoms with Gasteiger partial charge in [-0.25, -0.2) is 0 Å². The Hall–Kier alpha value is -0.570. The monoisotopic (exact) mass is 254 g/mol. The van der Waals surface area contributed by atoms with E-state index >= 15 is 0 Å². The first-order chi connectivity index (χ1) is 8.43. The number of rotatable bonds is 7. The Kier molecular flexibility index (Phi) is 6.13. The van der Waals surface area contributed by atoms with Crippen molar-refractivity contribution in [1.29, 1.82) is 0 Å². The first-order valence-electron chi connectivity index (χ1n) is 7.40. The van der Waals surface area contributed by atoms with Gasteiger partial charge in [-0.1, -0.05) is 27.2 Å². The van der Waals surface area contributed by atoms with Gasteiger partial charge < -0.3 is 11.1 Å². The van der Waals surface area contributed by atoms with E-state index in [2.05, 4.69) is 26.1 Å². The van der Waals surface area contributed by atoms with E-state index in [1.54, 1.807) is 0 Å². The number of nitrogens with one attached hydrogen (secondary N) is 1. The predicted molar refractivity (Wildman–Crippen MR) is 76.2 cm³/mol. The molecule has 0 aliphatic heterocycles. The molecule has 1 unspecified atom stereocenters. The van der Waals surface area contributed by atoms with E-state index in [0.29, 0.717) is 18.9 Å². The number of carbonyl (C=O) groups excluding carboxylic acids is 1. The average molecular weight is 254 g/mol. The fourth-order valence-corrected chi connectivity index (χ4v) is 2.56. The number of hydrogen-bond donors (Lipinski definition) is 2. The molecule has 0 heterocycles. The molecule has 3 heteroatoms. The highest BCUT2D eigenvalue weighted by molar-refractivity contribution is 5.75. The third-order valence-electron chi connectivity index (χ3n) is 4.27. The van der Waals surface area contributed by atoms with Crippen LogP contribution in [0.2, 0.25) is 0 Å². The van der Waals surface area contributed by atoms with E-state index in [4.69, 9.17) is 5.73 Å². The van der Waals surface area contributed by atoms with Crippen LogP contribution >= 0.6 is 0 Å². The minimum Gasteiger partial charge on any atom is -0.356 e. The topological polar surface area (TPSA) is 55.1 Å². The van der Waals surface area contributed by atoms with Crippen molar-refractivity contribution in [2.24, 2.45) is 23.0 Å². The molecule has 1 saturated carbocycles. The molecule has 0 aromatic heterocycles. The molecule has 1 aliphatic rings. The molecular formula is C15H30N2O. The third-order valence-corrected chi connectivity index (χ3v) is 4.27. The summed E-state index contributed by atoms with van der Waals surface area (Å²) in [4.78, 5) is 11.8. The highest BCUT2D eigenvalue weighted by Gasteiger charge is 2.24. The van der Waals surface area contributed by atoms with Crippen molar-refractivity contribution in [2.45, 2.75) is 59.3 Å². The van der Waals surface area contributed by atoms with Crippen LogP contribution in [0, 0.1) is 17.3 Å². The zero-order valence-corrected chi connectivity index (χ0v) is 12.3. The first-order valence-corrected chi connectivity index (χ1v) is 7.40. The van der Waals surface area contributed by atoms with Gasteiger partial charge >= 0.3 is 0 Å². The molecule has 1 rings (SSSR count). The van der Waals surface area contributed by atoms with E-state index in [1.165, 1.54) is 19.3 Å². The van der Waals surface area contributed by atoms with Gasteiger partial charge in [0.25, 0.3) is 0 Å². The minimum atomic E-state index is 0.216. The van der Waals surface area contributed by atoms with Crippen molar-refractivity contribution in [3.8, 4) is 0 Å². The van der Waals surface area contributed by atoms with Gasteiger partial charge in [0.05, 0.1) is 0 Å². The van der Waals surface area contributed by atoms with Crippen molar-refractivity contribution in [3.05, 3.63) is 0 Å². The van der Waals surface area contributed by atoms with Crippen molar-refractivity contribution in [2.75, 3.05) is 13.1 Å². The number of carbonyl (C=O) groups is 1. The Bertz CT molecular complexity index is 254. The predicted octanol–water partition coefficient (Wildman–Crippen LogP) is 2.69. The lowest BCUT2D eigenvalue weighted by atomic mass is 9.76. The second kappa shape index (κ2) is 7.13. The molecule has 1 fully saturated rings. The Morgan fingerprint density at radius 3 is 2.44 bits per heavy atom. The Balaban J connectivity index is 2.21. The summed E-state index contributed by atoms with van der Waals surface area (Å²) in [6.45, 7) is 8.31. The molecule has 3 nitrogen and oxygen atoms in total. The zero-order chi connectivity index (χ0) is 13.6. The number of hydrogen-bond acceptors (Lipinski definition) is 2. The quantitative estimate of drug-likeness (QED) is 0.734. The lowest BCUT2D eigenvalue weighted by Gasteiger charge is -2.30. The summed E-state index contributed by atoms with van der Waals surface area (Å²) >= 11 is 0. The summed E-state index contributed by atoms with van der Waals surface area (Å²) in [5.41, 5.74) is 5.90. The van der Waals surface area contributed by atoms with Crippen LogP contribution in [0.3, 0.4) is 0 Å². The standard InChI is InChI=1S/C15H30N2O/c1-15(2,3)13(9-10-16)7-8-14(18)17-11-12-5-4-6-12/h12-13H,4-11,16H2,1-3H3,(H,17,18). The molecule has 1 aliphatic carbocycles. The van der Waals surface area contributed by atoms with Gasteiger partial charge in [0.15, 0.2) is 0 Å². The molecule has 0 spiro atoms. The fraction of sp³-hybridized carbons (Fsp3) is 0.933. The summed E-state index contributed by atoms with van der Waals surface area (Å²) in [6, 6.07) is 0. The van der Waals surface area contributed by atoms with E-state index in [1.807, 2.05) is 0 Å². The molecule has 0 aromatic rings. The van der Waals surface area contributed by atoms with Crippen LogP contribution in [0.4, 0.5) is 0 Å². The van der Waals surface area contributed by atoms with Gasteiger partial charge in [-0.2, -0.15) is 0 Å². The Morgan fingerprint density at radius 2 is 2.00 bits per heavy atom. The second-order valence-electron chi connectivity index (χ2n) is 6.78. The molecule has 18 heavy (non-hydrogen) atoms. The number of nitrogens with two attached hydrogens (primary N) is 1. The molecule has 106 valence electrons. The molecule has 1 amide bonds. The maximum absolute atomic E-state index is 11.8. The maximum atomic E-state index is 11.8. The molecule has 0 saturated heterocycles. The van der Waals surface area contributed by atoms with Crippen LogP contribution < -0.4 is 11.1 Å². The average Bonchev–Trinajstić information content (AvgIpc) is 2.20. The van der Waals surface area contributed by atoms with Gasteiger partial charge in [-0.3, -0.25) is 4.79 Å². The van der Waals surface area contributed by atoms with Crippen LogP contribution in [-0.4, -0.2) is 19.0 Å². The largest absolute Gasteiger partial charge is 0.356 e. The maximum Gasteiger partial charge on any atom is 0.220 e. The molecular weight excluding hydrogens is 224 g/mol. The molecule has 3 N–H and O–H groups in total. The Morgan fingerprint density at radius 1 is 1.33 bits per heavy atom. The lowest BCUT2D eigenvalue weighted by molar-refractivity contribution is -0.121. The minimum absolute atomic E-state index is 0.216. The molecule has 1 atom stereocenters. The van der Waals surface area contributed by atoms with E-state index in [9.17, 15) is 4.79 Å². The molecule has 0 radical (unpaired) electrons. The van der Waals surface area contributed by atoms with Gasteiger partial charge in [0, 0.05) is 13.0 Å². The summed E-state index contributed by atoms with van der Waals surface area (Å²) in [5.74, 6) is 1.50. The van der Waals surface area contributed by atoms with Crippen LogP contribution in [0.25, 0.3) is 0 Å². The first kappa shape index (κ1) is 15.5. The van der Waals surface area contributed by atoms with E-state index < -0.39 is 0 Å².